The monoisotopic (exact) mass is 358 g/mol. The van der Waals surface area contributed by atoms with Crippen molar-refractivity contribution in [2.24, 2.45) is 0 Å². The summed E-state index contributed by atoms with van der Waals surface area (Å²) in [6.07, 6.45) is 10.8. The first-order valence-corrected chi connectivity index (χ1v) is 8.28. The van der Waals surface area contributed by atoms with Crippen LogP contribution < -0.4 is 0 Å². The van der Waals surface area contributed by atoms with E-state index in [1.54, 1.807) is 23.3 Å². The molecule has 3 rings (SSSR count). The second-order valence-electron chi connectivity index (χ2n) is 5.90. The van der Waals surface area contributed by atoms with Gasteiger partial charge in [-0.25, -0.2) is 0 Å². The van der Waals surface area contributed by atoms with Gasteiger partial charge in [0, 0.05) is 50.3 Å². The number of hydrogen-bond acceptors (Lipinski definition) is 6. The van der Waals surface area contributed by atoms with Crippen LogP contribution in [0.5, 0.6) is 0 Å². The molecule has 0 aliphatic heterocycles. The third-order valence-electron chi connectivity index (χ3n) is 3.80. The smallest absolute Gasteiger partial charge is 0.317 e. The van der Waals surface area contributed by atoms with Gasteiger partial charge >= 0.3 is 5.97 Å². The molecule has 0 aliphatic carbocycles. The Balaban J connectivity index is 1.62. The minimum Gasteiger partial charge on any atom is -0.480 e. The van der Waals surface area contributed by atoms with E-state index < -0.39 is 5.97 Å². The molecule has 0 atom stereocenters. The Hall–Kier alpha value is -2.98. The zero-order valence-corrected chi connectivity index (χ0v) is 14.4. The van der Waals surface area contributed by atoms with Crippen molar-refractivity contribution in [1.29, 1.82) is 0 Å². The maximum Gasteiger partial charge on any atom is 0.317 e. The quantitative estimate of drug-likeness (QED) is 0.524. The fourth-order valence-corrected chi connectivity index (χ4v) is 2.63. The number of rotatable bonds is 11. The minimum atomic E-state index is -0.858. The number of carbonyl (C=O) groups is 1. The molecule has 3 heterocycles. The Bertz CT molecular complexity index is 718. The van der Waals surface area contributed by atoms with E-state index in [1.807, 2.05) is 51.1 Å². The third-order valence-corrected chi connectivity index (χ3v) is 3.80. The van der Waals surface area contributed by atoms with Crippen molar-refractivity contribution in [3.05, 3.63) is 55.4 Å². The van der Waals surface area contributed by atoms with Gasteiger partial charge in [0.05, 0.1) is 26.6 Å². The molecule has 0 spiro atoms. The molecule has 1 N–H and O–H groups in total. The highest BCUT2D eigenvalue weighted by molar-refractivity contribution is 5.69. The molecule has 0 fully saturated rings. The lowest BCUT2D eigenvalue weighted by Gasteiger charge is -2.26. The van der Waals surface area contributed by atoms with Gasteiger partial charge in [-0.05, 0) is 18.2 Å². The maximum atomic E-state index is 11.2. The molecule has 0 aliphatic rings. The van der Waals surface area contributed by atoms with Crippen molar-refractivity contribution in [3.8, 4) is 0 Å². The SMILES string of the molecule is O=C(O)CN(CCN(Cn1cccn1)Cn1cccn1)Cn1cccn1. The Morgan fingerprint density at radius 3 is 1.58 bits per heavy atom. The standard InChI is InChI=1S/C16H22N8O2/c25-16(26)12-20(13-22-7-1-4-17-22)10-11-21(14-23-8-2-5-18-23)15-24-9-3-6-19-24/h1-9H,10-15H2,(H,25,26). The molecule has 0 saturated carbocycles. The van der Waals surface area contributed by atoms with Gasteiger partial charge < -0.3 is 5.11 Å². The van der Waals surface area contributed by atoms with Gasteiger partial charge in [0.15, 0.2) is 0 Å². The largest absolute Gasteiger partial charge is 0.480 e. The molecular weight excluding hydrogens is 336 g/mol. The van der Waals surface area contributed by atoms with Crippen LogP contribution in [0.15, 0.2) is 55.4 Å². The van der Waals surface area contributed by atoms with E-state index in [0.717, 1.165) is 0 Å². The van der Waals surface area contributed by atoms with Crippen LogP contribution >= 0.6 is 0 Å². The normalized spacial score (nSPS) is 11.5. The van der Waals surface area contributed by atoms with E-state index in [0.29, 0.717) is 33.1 Å². The van der Waals surface area contributed by atoms with Crippen LogP contribution in [0.25, 0.3) is 0 Å². The highest BCUT2D eigenvalue weighted by Crippen LogP contribution is 2.01. The van der Waals surface area contributed by atoms with Gasteiger partial charge in [0.1, 0.15) is 0 Å². The van der Waals surface area contributed by atoms with E-state index in [2.05, 4.69) is 20.2 Å². The highest BCUT2D eigenvalue weighted by Gasteiger charge is 2.14. The van der Waals surface area contributed by atoms with E-state index >= 15 is 0 Å². The van der Waals surface area contributed by atoms with Gasteiger partial charge in [-0.15, -0.1) is 0 Å². The van der Waals surface area contributed by atoms with Crippen molar-refractivity contribution < 1.29 is 9.90 Å². The molecule has 10 nitrogen and oxygen atoms in total. The molecule has 0 bridgehead atoms. The van der Waals surface area contributed by atoms with Crippen LogP contribution in [0.3, 0.4) is 0 Å². The summed E-state index contributed by atoms with van der Waals surface area (Å²) < 4.78 is 5.38. The summed E-state index contributed by atoms with van der Waals surface area (Å²) in [5.74, 6) is -0.858. The van der Waals surface area contributed by atoms with E-state index in [1.165, 1.54) is 0 Å². The first kappa shape index (κ1) is 17.8. The van der Waals surface area contributed by atoms with Crippen LogP contribution in [-0.4, -0.2) is 69.9 Å². The second kappa shape index (κ2) is 8.92. The average Bonchev–Trinajstić information content (AvgIpc) is 3.35. The summed E-state index contributed by atoms with van der Waals surface area (Å²) in [7, 11) is 0. The minimum absolute atomic E-state index is 0.0444. The summed E-state index contributed by atoms with van der Waals surface area (Å²) in [6.45, 7) is 2.81. The van der Waals surface area contributed by atoms with Crippen LogP contribution in [0.1, 0.15) is 0 Å². The van der Waals surface area contributed by atoms with Crippen LogP contribution in [0, 0.1) is 0 Å². The number of carboxylic acid groups (broad SMARTS) is 1. The topological polar surface area (TPSA) is 97.2 Å². The van der Waals surface area contributed by atoms with Crippen molar-refractivity contribution in [2.45, 2.75) is 20.0 Å². The molecular formula is C16H22N8O2. The number of aliphatic carboxylic acids is 1. The van der Waals surface area contributed by atoms with Crippen molar-refractivity contribution in [2.75, 3.05) is 19.6 Å². The van der Waals surface area contributed by atoms with Crippen LogP contribution in [-0.2, 0) is 24.8 Å². The summed E-state index contributed by atoms with van der Waals surface area (Å²) in [4.78, 5) is 15.2. The van der Waals surface area contributed by atoms with Crippen LogP contribution in [0.2, 0.25) is 0 Å². The third kappa shape index (κ3) is 5.53. The van der Waals surface area contributed by atoms with Gasteiger partial charge in [-0.2, -0.15) is 15.3 Å². The molecule has 0 unspecified atom stereocenters. The van der Waals surface area contributed by atoms with Gasteiger partial charge in [-0.1, -0.05) is 0 Å². The van der Waals surface area contributed by atoms with Crippen LogP contribution in [0.4, 0.5) is 0 Å². The predicted molar refractivity (Wildman–Crippen MR) is 92.6 cm³/mol. The fourth-order valence-electron chi connectivity index (χ4n) is 2.63. The van der Waals surface area contributed by atoms with E-state index in [-0.39, 0.29) is 6.54 Å². The molecule has 0 amide bonds. The van der Waals surface area contributed by atoms with Crippen molar-refractivity contribution in [3.63, 3.8) is 0 Å². The Morgan fingerprint density at radius 1 is 0.769 bits per heavy atom. The number of aromatic nitrogens is 6. The summed E-state index contributed by atoms with van der Waals surface area (Å²) >= 11 is 0. The number of carboxylic acids is 1. The molecule has 0 aromatic carbocycles. The average molecular weight is 358 g/mol. The highest BCUT2D eigenvalue weighted by atomic mass is 16.4. The Labute approximate surface area is 150 Å². The lowest BCUT2D eigenvalue weighted by atomic mass is 10.4. The summed E-state index contributed by atoms with van der Waals surface area (Å²) in [5, 5.41) is 21.8. The van der Waals surface area contributed by atoms with Gasteiger partial charge in [-0.3, -0.25) is 28.6 Å². The van der Waals surface area contributed by atoms with E-state index in [9.17, 15) is 9.90 Å². The Kier molecular flexibility index (Phi) is 6.12. The molecule has 3 aromatic heterocycles. The molecule has 3 aromatic rings. The molecule has 26 heavy (non-hydrogen) atoms. The number of hydrogen-bond donors (Lipinski definition) is 1. The first-order chi connectivity index (χ1) is 12.7. The molecule has 138 valence electrons. The van der Waals surface area contributed by atoms with Gasteiger partial charge in [0.2, 0.25) is 0 Å². The zero-order chi connectivity index (χ0) is 18.2. The molecule has 0 radical (unpaired) electrons. The lowest BCUT2D eigenvalue weighted by Crippen LogP contribution is -2.40. The van der Waals surface area contributed by atoms with Crippen molar-refractivity contribution >= 4 is 5.97 Å². The lowest BCUT2D eigenvalue weighted by molar-refractivity contribution is -0.138. The summed E-state index contributed by atoms with van der Waals surface area (Å²) in [5.41, 5.74) is 0. The second-order valence-corrected chi connectivity index (χ2v) is 5.90. The fraction of sp³-hybridized carbons (Fsp3) is 0.375. The maximum absolute atomic E-state index is 11.2. The first-order valence-electron chi connectivity index (χ1n) is 8.28. The zero-order valence-electron chi connectivity index (χ0n) is 14.4. The predicted octanol–water partition coefficient (Wildman–Crippen LogP) is 0.238. The van der Waals surface area contributed by atoms with E-state index in [4.69, 9.17) is 0 Å². The van der Waals surface area contributed by atoms with Gasteiger partial charge in [0.25, 0.3) is 0 Å². The van der Waals surface area contributed by atoms with Crippen molar-refractivity contribution in [1.82, 2.24) is 39.1 Å². The molecule has 10 heteroatoms. The Morgan fingerprint density at radius 2 is 1.19 bits per heavy atom. The summed E-state index contributed by atoms with van der Waals surface area (Å²) in [6, 6.07) is 5.57. The molecule has 0 saturated heterocycles. The number of nitrogens with zero attached hydrogens (tertiary/aromatic N) is 8.